The van der Waals surface area contributed by atoms with Crippen LogP contribution < -0.4 is 4.74 Å². The van der Waals surface area contributed by atoms with Crippen molar-refractivity contribution in [1.82, 2.24) is 19.9 Å². The van der Waals surface area contributed by atoms with Crippen molar-refractivity contribution in [2.75, 3.05) is 0 Å². The lowest BCUT2D eigenvalue weighted by atomic mass is 10.0. The summed E-state index contributed by atoms with van der Waals surface area (Å²) in [5.74, 6) is 1.17. The predicted molar refractivity (Wildman–Crippen MR) is 188 cm³/mol. The molecule has 2 aromatic heterocycles. The first-order chi connectivity index (χ1) is 23.9. The highest BCUT2D eigenvalue weighted by Gasteiger charge is 2.20. The Balaban J connectivity index is 1.31. The first-order valence-corrected chi connectivity index (χ1v) is 15.4. The molecule has 236 valence electrons. The SMILES string of the molecule is Oc1cccc(-c2nc3cccc(Oc4cccc5nc(-c6cccc(O)c6)c(-c6cccc(O)c6)nc45)c3nc2-c2cccc(O)c2)c1. The molecule has 2 heterocycles. The van der Waals surface area contributed by atoms with Crippen LogP contribution in [0.2, 0.25) is 0 Å². The van der Waals surface area contributed by atoms with E-state index < -0.39 is 0 Å². The number of phenols is 4. The van der Waals surface area contributed by atoms with Crippen LogP contribution in [-0.4, -0.2) is 40.4 Å². The molecule has 0 unspecified atom stereocenters. The number of benzene rings is 6. The van der Waals surface area contributed by atoms with E-state index in [9.17, 15) is 20.4 Å². The zero-order chi connectivity index (χ0) is 33.5. The molecule has 8 rings (SSSR count). The Morgan fingerprint density at radius 2 is 0.653 bits per heavy atom. The summed E-state index contributed by atoms with van der Waals surface area (Å²) in [6, 6.07) is 38.0. The predicted octanol–water partition coefficient (Wildman–Crippen LogP) is 8.86. The van der Waals surface area contributed by atoms with Crippen molar-refractivity contribution in [3.63, 3.8) is 0 Å². The summed E-state index contributed by atoms with van der Waals surface area (Å²) in [5.41, 5.74) is 6.66. The Labute approximate surface area is 279 Å². The van der Waals surface area contributed by atoms with Crippen LogP contribution in [0.3, 0.4) is 0 Å². The Kier molecular flexibility index (Phi) is 7.19. The molecule has 0 aliphatic heterocycles. The third-order valence-corrected chi connectivity index (χ3v) is 8.01. The number of hydrogen-bond donors (Lipinski definition) is 4. The highest BCUT2D eigenvalue weighted by molar-refractivity contribution is 5.92. The third-order valence-electron chi connectivity index (χ3n) is 8.01. The van der Waals surface area contributed by atoms with Gasteiger partial charge in [-0.1, -0.05) is 60.7 Å². The number of hydrogen-bond acceptors (Lipinski definition) is 9. The molecule has 0 radical (unpaired) electrons. The maximum atomic E-state index is 10.3. The molecule has 0 fully saturated rings. The first-order valence-electron chi connectivity index (χ1n) is 15.4. The average Bonchev–Trinajstić information content (AvgIpc) is 3.11. The Morgan fingerprint density at radius 3 is 0.980 bits per heavy atom. The van der Waals surface area contributed by atoms with E-state index in [0.29, 0.717) is 78.6 Å². The van der Waals surface area contributed by atoms with Crippen molar-refractivity contribution in [2.45, 2.75) is 0 Å². The van der Waals surface area contributed by atoms with Gasteiger partial charge in [0.25, 0.3) is 0 Å². The van der Waals surface area contributed by atoms with Gasteiger partial charge < -0.3 is 25.2 Å². The third kappa shape index (κ3) is 5.66. The van der Waals surface area contributed by atoms with E-state index in [-0.39, 0.29) is 23.0 Å². The van der Waals surface area contributed by atoms with Crippen molar-refractivity contribution in [1.29, 1.82) is 0 Å². The van der Waals surface area contributed by atoms with Crippen LogP contribution in [-0.2, 0) is 0 Å². The van der Waals surface area contributed by atoms with E-state index in [4.69, 9.17) is 24.7 Å². The van der Waals surface area contributed by atoms with Gasteiger partial charge in [0.15, 0.2) is 11.5 Å². The highest BCUT2D eigenvalue weighted by Crippen LogP contribution is 2.40. The molecule has 0 saturated heterocycles. The molecule has 0 bridgehead atoms. The minimum atomic E-state index is 0.0766. The molecule has 0 aliphatic rings. The second-order valence-corrected chi connectivity index (χ2v) is 11.4. The molecule has 0 atom stereocenters. The van der Waals surface area contributed by atoms with Gasteiger partial charge in [-0.2, -0.15) is 0 Å². The van der Waals surface area contributed by atoms with Crippen molar-refractivity contribution in [3.8, 4) is 79.5 Å². The monoisotopic (exact) mass is 642 g/mol. The molecule has 6 aromatic carbocycles. The van der Waals surface area contributed by atoms with Gasteiger partial charge in [0.2, 0.25) is 0 Å². The van der Waals surface area contributed by atoms with Crippen LogP contribution in [0.4, 0.5) is 0 Å². The molecule has 0 aliphatic carbocycles. The van der Waals surface area contributed by atoms with Crippen molar-refractivity contribution < 1.29 is 25.2 Å². The van der Waals surface area contributed by atoms with Crippen LogP contribution in [0, 0.1) is 0 Å². The Bertz CT molecular complexity index is 2380. The highest BCUT2D eigenvalue weighted by atomic mass is 16.5. The summed E-state index contributed by atoms with van der Waals surface area (Å²) in [7, 11) is 0. The summed E-state index contributed by atoms with van der Waals surface area (Å²) in [6.07, 6.45) is 0. The zero-order valence-corrected chi connectivity index (χ0v) is 25.7. The smallest absolute Gasteiger partial charge is 0.155 e. The van der Waals surface area contributed by atoms with E-state index in [2.05, 4.69) is 0 Å². The van der Waals surface area contributed by atoms with Crippen molar-refractivity contribution in [2.24, 2.45) is 0 Å². The normalized spacial score (nSPS) is 11.2. The minimum absolute atomic E-state index is 0.0766. The average molecular weight is 643 g/mol. The van der Waals surface area contributed by atoms with Gasteiger partial charge >= 0.3 is 0 Å². The second kappa shape index (κ2) is 12.0. The lowest BCUT2D eigenvalue weighted by Gasteiger charge is -2.15. The standard InChI is InChI=1S/C40H26N4O5/c45-27-11-1-7-23(19-27)35-37(25-9-3-13-29(47)21-25)43-39-31(41-35)15-5-17-33(39)49-34-18-6-16-32-40(34)44-38(26-10-4-14-30(48)22-26)36(42-32)24-8-2-12-28(46)20-24/h1-22,45-48H. The molecule has 9 nitrogen and oxygen atoms in total. The molecule has 0 amide bonds. The van der Waals surface area contributed by atoms with E-state index in [0.717, 1.165) is 0 Å². The summed E-state index contributed by atoms with van der Waals surface area (Å²) in [6.45, 7) is 0. The van der Waals surface area contributed by atoms with Gasteiger partial charge in [-0.3, -0.25) is 0 Å². The van der Waals surface area contributed by atoms with E-state index in [1.54, 1.807) is 84.9 Å². The van der Waals surface area contributed by atoms with Crippen LogP contribution in [0.1, 0.15) is 0 Å². The van der Waals surface area contributed by atoms with Gasteiger partial charge in [-0.05, 0) is 72.8 Å². The van der Waals surface area contributed by atoms with Gasteiger partial charge in [0, 0.05) is 22.3 Å². The number of rotatable bonds is 6. The summed E-state index contributed by atoms with van der Waals surface area (Å²) >= 11 is 0. The molecule has 0 spiro atoms. The number of aromatic nitrogens is 4. The van der Waals surface area contributed by atoms with Crippen LogP contribution in [0.15, 0.2) is 133 Å². The minimum Gasteiger partial charge on any atom is -0.508 e. The Hall–Kier alpha value is -7.00. The summed E-state index contributed by atoms with van der Waals surface area (Å²) in [5, 5.41) is 41.1. The molecular weight excluding hydrogens is 616 g/mol. The van der Waals surface area contributed by atoms with Crippen molar-refractivity contribution in [3.05, 3.63) is 133 Å². The van der Waals surface area contributed by atoms with Gasteiger partial charge in [-0.25, -0.2) is 19.9 Å². The van der Waals surface area contributed by atoms with Crippen LogP contribution in [0.5, 0.6) is 34.5 Å². The fourth-order valence-corrected chi connectivity index (χ4v) is 5.80. The van der Waals surface area contributed by atoms with E-state index >= 15 is 0 Å². The number of ether oxygens (including phenoxy) is 1. The second-order valence-electron chi connectivity index (χ2n) is 11.4. The quantitative estimate of drug-likeness (QED) is 0.140. The molecule has 4 N–H and O–H groups in total. The fraction of sp³-hybridized carbons (Fsp3) is 0. The Morgan fingerprint density at radius 1 is 0.347 bits per heavy atom. The molecule has 8 aromatic rings. The van der Waals surface area contributed by atoms with Gasteiger partial charge in [0.1, 0.15) is 34.0 Å². The number of fused-ring (bicyclic) bond motifs is 2. The van der Waals surface area contributed by atoms with Crippen LogP contribution in [0.25, 0.3) is 67.1 Å². The largest absolute Gasteiger partial charge is 0.508 e. The molecule has 0 saturated carbocycles. The first kappa shape index (κ1) is 29.4. The lowest BCUT2D eigenvalue weighted by molar-refractivity contribution is 0.475. The summed E-state index contributed by atoms with van der Waals surface area (Å²) in [4.78, 5) is 20.0. The molecule has 49 heavy (non-hydrogen) atoms. The molecular formula is C40H26N4O5. The lowest BCUT2D eigenvalue weighted by Crippen LogP contribution is -1.99. The van der Waals surface area contributed by atoms with E-state index in [1.807, 2.05) is 48.5 Å². The summed E-state index contributed by atoms with van der Waals surface area (Å²) < 4.78 is 6.58. The number of aromatic hydroxyl groups is 4. The zero-order valence-electron chi connectivity index (χ0n) is 25.7. The maximum Gasteiger partial charge on any atom is 0.155 e. The van der Waals surface area contributed by atoms with E-state index in [1.165, 1.54) is 0 Å². The van der Waals surface area contributed by atoms with Crippen molar-refractivity contribution >= 4 is 22.1 Å². The molecule has 9 heteroatoms. The maximum absolute atomic E-state index is 10.3. The number of nitrogens with zero attached hydrogens (tertiary/aromatic N) is 4. The van der Waals surface area contributed by atoms with Gasteiger partial charge in [-0.15, -0.1) is 0 Å². The van der Waals surface area contributed by atoms with Gasteiger partial charge in [0.05, 0.1) is 33.8 Å². The van der Waals surface area contributed by atoms with Crippen LogP contribution >= 0.6 is 0 Å². The number of phenolic OH excluding ortho intramolecular Hbond substituents is 4. The fourth-order valence-electron chi connectivity index (χ4n) is 5.80. The number of para-hydroxylation sites is 2. The topological polar surface area (TPSA) is 142 Å².